The van der Waals surface area contributed by atoms with Gasteiger partial charge in [-0.15, -0.1) is 0 Å². The predicted octanol–water partition coefficient (Wildman–Crippen LogP) is 6.04. The third kappa shape index (κ3) is 2.26. The van der Waals surface area contributed by atoms with Crippen molar-refractivity contribution in [3.05, 3.63) is 88.5 Å². The molecule has 130 valence electrons. The Morgan fingerprint density at radius 1 is 0.741 bits per heavy atom. The van der Waals surface area contributed by atoms with Crippen molar-refractivity contribution in [2.45, 2.75) is 20.8 Å². The van der Waals surface area contributed by atoms with Crippen molar-refractivity contribution in [3.63, 3.8) is 0 Å². The van der Waals surface area contributed by atoms with Gasteiger partial charge in [0.15, 0.2) is 5.78 Å². The Morgan fingerprint density at radius 2 is 1.48 bits per heavy atom. The lowest BCUT2D eigenvalue weighted by atomic mass is 9.94. The second-order valence-electron chi connectivity index (χ2n) is 7.43. The van der Waals surface area contributed by atoms with Crippen molar-refractivity contribution >= 4 is 16.7 Å². The lowest BCUT2D eigenvalue weighted by Gasteiger charge is -2.13. The smallest absolute Gasteiger partial charge is 0.195 e. The molecule has 0 saturated carbocycles. The number of benzene rings is 3. The van der Waals surface area contributed by atoms with Crippen LogP contribution in [-0.4, -0.2) is 10.8 Å². The highest BCUT2D eigenvalue weighted by Crippen LogP contribution is 2.46. The zero-order valence-electron chi connectivity index (χ0n) is 15.6. The van der Waals surface area contributed by atoms with E-state index >= 15 is 0 Å². The van der Waals surface area contributed by atoms with Crippen molar-refractivity contribution in [2.24, 2.45) is 0 Å². The first-order chi connectivity index (χ1) is 13.0. The second-order valence-corrected chi connectivity index (χ2v) is 7.43. The normalized spacial score (nSPS) is 12.3. The van der Waals surface area contributed by atoms with Gasteiger partial charge in [0.2, 0.25) is 0 Å². The van der Waals surface area contributed by atoms with Crippen molar-refractivity contribution in [2.75, 3.05) is 0 Å². The van der Waals surface area contributed by atoms with Crippen LogP contribution in [0.1, 0.15) is 32.6 Å². The molecule has 0 bridgehead atoms. The van der Waals surface area contributed by atoms with Crippen molar-refractivity contribution in [1.29, 1.82) is 0 Å². The van der Waals surface area contributed by atoms with Crippen molar-refractivity contribution < 1.29 is 4.79 Å². The zero-order valence-corrected chi connectivity index (χ0v) is 15.6. The van der Waals surface area contributed by atoms with Gasteiger partial charge in [-0.1, -0.05) is 53.6 Å². The summed E-state index contributed by atoms with van der Waals surface area (Å²) in [6.45, 7) is 6.21. The summed E-state index contributed by atoms with van der Waals surface area (Å²) in [4.78, 5) is 18.4. The first kappa shape index (κ1) is 16.0. The van der Waals surface area contributed by atoms with Gasteiger partial charge < -0.3 is 0 Å². The maximum atomic E-state index is 13.4. The first-order valence-electron chi connectivity index (χ1n) is 9.20. The number of pyridine rings is 1. The Bertz CT molecular complexity index is 1250. The van der Waals surface area contributed by atoms with Crippen LogP contribution < -0.4 is 0 Å². The average Bonchev–Trinajstić information content (AvgIpc) is 2.95. The van der Waals surface area contributed by atoms with E-state index in [1.807, 2.05) is 43.3 Å². The summed E-state index contributed by atoms with van der Waals surface area (Å²) in [5.41, 5.74) is 9.82. The number of ketones is 1. The number of aryl methyl sites for hydroxylation is 3. The standard InChI is InChI=1S/C25H19NO/c1-14-11-15(2)13-17(12-14)24-22-19-9-6-7-16(3)21(19)25(27)23(22)18-8-4-5-10-20(18)26-24/h4-13H,1-3H3. The van der Waals surface area contributed by atoms with E-state index in [-0.39, 0.29) is 5.78 Å². The predicted molar refractivity (Wildman–Crippen MR) is 110 cm³/mol. The molecule has 4 aromatic rings. The van der Waals surface area contributed by atoms with Crippen LogP contribution in [0, 0.1) is 20.8 Å². The largest absolute Gasteiger partial charge is 0.289 e. The van der Waals surface area contributed by atoms with Gasteiger partial charge in [-0.05, 0) is 50.1 Å². The fourth-order valence-corrected chi connectivity index (χ4v) is 4.33. The summed E-state index contributed by atoms with van der Waals surface area (Å²) in [7, 11) is 0. The average molecular weight is 349 g/mol. The molecule has 0 atom stereocenters. The summed E-state index contributed by atoms with van der Waals surface area (Å²) in [6.07, 6.45) is 0. The molecule has 2 heteroatoms. The highest BCUT2D eigenvalue weighted by Gasteiger charge is 2.33. The molecule has 27 heavy (non-hydrogen) atoms. The molecule has 0 radical (unpaired) electrons. The fourth-order valence-electron chi connectivity index (χ4n) is 4.33. The minimum atomic E-state index is 0.113. The summed E-state index contributed by atoms with van der Waals surface area (Å²) in [5.74, 6) is 0.113. The summed E-state index contributed by atoms with van der Waals surface area (Å²) < 4.78 is 0. The number of hydrogen-bond acceptors (Lipinski definition) is 2. The first-order valence-corrected chi connectivity index (χ1v) is 9.20. The van der Waals surface area contributed by atoms with Crippen molar-refractivity contribution in [1.82, 2.24) is 4.98 Å². The van der Waals surface area contributed by atoms with Crippen LogP contribution in [0.15, 0.2) is 60.7 Å². The van der Waals surface area contributed by atoms with Gasteiger partial charge in [-0.2, -0.15) is 0 Å². The molecule has 0 aliphatic heterocycles. The van der Waals surface area contributed by atoms with Gasteiger partial charge in [0.05, 0.1) is 11.2 Å². The molecule has 3 aromatic carbocycles. The number of carbonyl (C=O) groups is 1. The number of rotatable bonds is 1. The van der Waals surface area contributed by atoms with E-state index in [9.17, 15) is 4.79 Å². The van der Waals surface area contributed by atoms with E-state index in [1.165, 1.54) is 11.1 Å². The van der Waals surface area contributed by atoms with Gasteiger partial charge in [-0.3, -0.25) is 4.79 Å². The maximum absolute atomic E-state index is 13.4. The van der Waals surface area contributed by atoms with E-state index in [0.29, 0.717) is 0 Å². The molecule has 1 heterocycles. The van der Waals surface area contributed by atoms with Gasteiger partial charge in [0.25, 0.3) is 0 Å². The van der Waals surface area contributed by atoms with Gasteiger partial charge in [0.1, 0.15) is 0 Å². The maximum Gasteiger partial charge on any atom is 0.195 e. The molecule has 0 spiro atoms. The molecule has 0 unspecified atom stereocenters. The fraction of sp³-hybridized carbons (Fsp3) is 0.120. The number of hydrogen-bond donors (Lipinski definition) is 0. The molecule has 0 amide bonds. The molecule has 1 aromatic heterocycles. The summed E-state index contributed by atoms with van der Waals surface area (Å²) >= 11 is 0. The monoisotopic (exact) mass is 349 g/mol. The van der Waals surface area contributed by atoms with Crippen LogP contribution >= 0.6 is 0 Å². The molecule has 1 aliphatic carbocycles. The van der Waals surface area contributed by atoms with Crippen LogP contribution in [0.4, 0.5) is 0 Å². The molecule has 0 fully saturated rings. The highest BCUT2D eigenvalue weighted by atomic mass is 16.1. The third-order valence-electron chi connectivity index (χ3n) is 5.38. The Labute approximate surface area is 158 Å². The minimum absolute atomic E-state index is 0.113. The number of fused-ring (bicyclic) bond motifs is 5. The molecule has 0 saturated heterocycles. The number of nitrogens with zero attached hydrogens (tertiary/aromatic N) is 1. The molecule has 1 aliphatic rings. The Balaban J connectivity index is 1.97. The number of para-hydroxylation sites is 1. The molecular formula is C25H19NO. The zero-order chi connectivity index (χ0) is 18.7. The van der Waals surface area contributed by atoms with E-state index in [1.54, 1.807) is 0 Å². The van der Waals surface area contributed by atoms with E-state index in [4.69, 9.17) is 4.98 Å². The van der Waals surface area contributed by atoms with E-state index in [2.05, 4.69) is 38.1 Å². The van der Waals surface area contributed by atoms with Crippen LogP contribution in [0.3, 0.4) is 0 Å². The topological polar surface area (TPSA) is 30.0 Å². The van der Waals surface area contributed by atoms with Crippen LogP contribution in [0.25, 0.3) is 33.3 Å². The van der Waals surface area contributed by atoms with Crippen LogP contribution in [0.5, 0.6) is 0 Å². The van der Waals surface area contributed by atoms with Crippen molar-refractivity contribution in [3.8, 4) is 22.4 Å². The molecule has 0 N–H and O–H groups in total. The highest BCUT2D eigenvalue weighted by molar-refractivity contribution is 6.29. The van der Waals surface area contributed by atoms with Gasteiger partial charge in [-0.25, -0.2) is 4.98 Å². The van der Waals surface area contributed by atoms with Gasteiger partial charge in [0, 0.05) is 27.6 Å². The minimum Gasteiger partial charge on any atom is -0.289 e. The van der Waals surface area contributed by atoms with Gasteiger partial charge >= 0.3 is 0 Å². The van der Waals surface area contributed by atoms with Crippen LogP contribution in [-0.2, 0) is 0 Å². The second kappa shape index (κ2) is 5.62. The quantitative estimate of drug-likeness (QED) is 0.369. The van der Waals surface area contributed by atoms with E-state index < -0.39 is 0 Å². The lowest BCUT2D eigenvalue weighted by Crippen LogP contribution is -2.00. The Hall–Kier alpha value is -3.26. The molecule has 2 nitrogen and oxygen atoms in total. The number of aromatic nitrogens is 1. The van der Waals surface area contributed by atoms with Crippen LogP contribution in [0.2, 0.25) is 0 Å². The Morgan fingerprint density at radius 3 is 2.26 bits per heavy atom. The SMILES string of the molecule is Cc1cc(C)cc(-c2nc3ccccc3c3c2-c2cccc(C)c2C3=O)c1. The third-order valence-corrected chi connectivity index (χ3v) is 5.38. The lowest BCUT2D eigenvalue weighted by molar-refractivity contribution is 0.104. The van der Waals surface area contributed by atoms with E-state index in [0.717, 1.165) is 50.0 Å². The molecular weight excluding hydrogens is 330 g/mol. The summed E-state index contributed by atoms with van der Waals surface area (Å²) in [6, 6.07) is 20.5. The molecule has 5 rings (SSSR count). The summed E-state index contributed by atoms with van der Waals surface area (Å²) in [5, 5.41) is 0.932. The Kier molecular flexibility index (Phi) is 3.32. The number of carbonyl (C=O) groups excluding carboxylic acids is 1.